The molecule has 102 valence electrons. The summed E-state index contributed by atoms with van der Waals surface area (Å²) in [5, 5.41) is 0. The van der Waals surface area contributed by atoms with Crippen LogP contribution in [0.1, 0.15) is 21.0 Å². The summed E-state index contributed by atoms with van der Waals surface area (Å²) in [6.07, 6.45) is 0.879. The van der Waals surface area contributed by atoms with Gasteiger partial charge in [-0.3, -0.25) is 4.79 Å². The van der Waals surface area contributed by atoms with Crippen LogP contribution in [-0.2, 0) is 14.2 Å². The molecule has 1 aromatic rings. The summed E-state index contributed by atoms with van der Waals surface area (Å²) in [5.74, 6) is 0.0347. The molecule has 4 nitrogen and oxygen atoms in total. The van der Waals surface area contributed by atoms with Crippen LogP contribution < -0.4 is 0 Å². The lowest BCUT2D eigenvalue weighted by Gasteiger charge is -2.04. The highest BCUT2D eigenvalue weighted by Gasteiger charge is 2.07. The van der Waals surface area contributed by atoms with Crippen molar-refractivity contribution in [2.24, 2.45) is 0 Å². The van der Waals surface area contributed by atoms with Crippen molar-refractivity contribution >= 4 is 17.1 Å². The minimum atomic E-state index is 0.0347. The fourth-order valence-electron chi connectivity index (χ4n) is 1.35. The van der Waals surface area contributed by atoms with Gasteiger partial charge in [0.15, 0.2) is 5.78 Å². The second kappa shape index (κ2) is 9.22. The van der Waals surface area contributed by atoms with Gasteiger partial charge in [-0.2, -0.15) is 0 Å². The molecule has 0 aliphatic rings. The molecule has 1 heterocycles. The number of carbonyl (C=O) groups is 1. The summed E-state index contributed by atoms with van der Waals surface area (Å²) in [5.41, 5.74) is 0. The van der Waals surface area contributed by atoms with Crippen LogP contribution in [0.15, 0.2) is 12.1 Å². The van der Waals surface area contributed by atoms with Gasteiger partial charge in [0.25, 0.3) is 0 Å². The molecule has 0 atom stereocenters. The van der Waals surface area contributed by atoms with Crippen LogP contribution in [0.2, 0.25) is 0 Å². The Balaban J connectivity index is 1.99. The molecule has 5 heteroatoms. The summed E-state index contributed by atoms with van der Waals surface area (Å²) >= 11 is 1.50. The number of ether oxygens (including phenoxy) is 3. The molecule has 0 fully saturated rings. The molecule has 0 aliphatic carbocycles. The predicted octanol–water partition coefficient (Wildman–Crippen LogP) is 2.31. The third kappa shape index (κ3) is 6.26. The number of methoxy groups -OCH3 is 1. The van der Waals surface area contributed by atoms with E-state index in [1.807, 2.05) is 19.1 Å². The number of ketones is 1. The first-order valence-corrected chi connectivity index (χ1v) is 6.79. The molecular weight excluding hydrogens is 252 g/mol. The van der Waals surface area contributed by atoms with E-state index in [0.717, 1.165) is 16.2 Å². The van der Waals surface area contributed by atoms with Crippen LogP contribution in [0.5, 0.6) is 0 Å². The quantitative estimate of drug-likeness (QED) is 0.484. The molecule has 0 radical (unpaired) electrons. The van der Waals surface area contributed by atoms with Crippen molar-refractivity contribution in [3.05, 3.63) is 21.9 Å². The van der Waals surface area contributed by atoms with Gasteiger partial charge in [0, 0.05) is 25.2 Å². The van der Waals surface area contributed by atoms with Crippen molar-refractivity contribution in [2.45, 2.75) is 13.3 Å². The van der Waals surface area contributed by atoms with Crippen LogP contribution in [0, 0.1) is 6.92 Å². The summed E-state index contributed by atoms with van der Waals surface area (Å²) in [6.45, 7) is 4.44. The zero-order chi connectivity index (χ0) is 13.2. The summed E-state index contributed by atoms with van der Waals surface area (Å²) < 4.78 is 15.5. The summed E-state index contributed by atoms with van der Waals surface area (Å²) in [6, 6.07) is 3.78. The fraction of sp³-hybridized carbons (Fsp3) is 0.615. The average Bonchev–Trinajstić information content (AvgIpc) is 2.79. The molecule has 0 amide bonds. The van der Waals surface area contributed by atoms with E-state index in [-0.39, 0.29) is 12.4 Å². The highest BCUT2D eigenvalue weighted by molar-refractivity contribution is 7.14. The van der Waals surface area contributed by atoms with Crippen LogP contribution in [0.25, 0.3) is 0 Å². The highest BCUT2D eigenvalue weighted by atomic mass is 32.1. The second-order valence-electron chi connectivity index (χ2n) is 3.84. The number of aryl methyl sites for hydroxylation is 1. The minimum absolute atomic E-state index is 0.0347. The first kappa shape index (κ1) is 15.3. The fourth-order valence-corrected chi connectivity index (χ4v) is 2.14. The number of Topliss-reactive ketones (excluding diaryl/α,β-unsaturated/α-hetero) is 1. The van der Waals surface area contributed by atoms with Gasteiger partial charge in [-0.25, -0.2) is 0 Å². The van der Waals surface area contributed by atoms with Crippen molar-refractivity contribution in [1.82, 2.24) is 0 Å². The monoisotopic (exact) mass is 272 g/mol. The van der Waals surface area contributed by atoms with E-state index in [4.69, 9.17) is 14.2 Å². The smallest absolute Gasteiger partial charge is 0.198 e. The molecule has 0 saturated heterocycles. The van der Waals surface area contributed by atoms with E-state index in [2.05, 4.69) is 0 Å². The van der Waals surface area contributed by atoms with E-state index in [9.17, 15) is 4.79 Å². The number of rotatable bonds is 10. The zero-order valence-corrected chi connectivity index (χ0v) is 11.8. The first-order chi connectivity index (χ1) is 8.74. The Labute approximate surface area is 112 Å². The SMILES string of the molecule is COCCCOCCOCC(=O)c1ccc(C)s1. The molecule has 0 saturated carbocycles. The predicted molar refractivity (Wildman–Crippen MR) is 71.5 cm³/mol. The van der Waals surface area contributed by atoms with Crippen LogP contribution in [0.4, 0.5) is 0 Å². The number of hydrogen-bond donors (Lipinski definition) is 0. The number of hydrogen-bond acceptors (Lipinski definition) is 5. The molecule has 1 rings (SSSR count). The minimum Gasteiger partial charge on any atom is -0.385 e. The van der Waals surface area contributed by atoms with E-state index >= 15 is 0 Å². The first-order valence-electron chi connectivity index (χ1n) is 5.98. The lowest BCUT2D eigenvalue weighted by molar-refractivity contribution is 0.0384. The molecule has 18 heavy (non-hydrogen) atoms. The Morgan fingerprint density at radius 2 is 1.94 bits per heavy atom. The standard InChI is InChI=1S/C13H20O4S/c1-11-4-5-13(18-11)12(14)10-17-9-8-16-7-3-6-15-2/h4-5H,3,6-10H2,1-2H3. The maximum atomic E-state index is 11.7. The largest absolute Gasteiger partial charge is 0.385 e. The summed E-state index contributed by atoms with van der Waals surface area (Å²) in [4.78, 5) is 13.6. The normalized spacial score (nSPS) is 10.8. The molecule has 0 aliphatic heterocycles. The molecule has 0 aromatic carbocycles. The maximum absolute atomic E-state index is 11.7. The Bertz CT molecular complexity index is 349. The molecule has 0 N–H and O–H groups in total. The zero-order valence-electron chi connectivity index (χ0n) is 10.9. The second-order valence-corrected chi connectivity index (χ2v) is 5.13. The van der Waals surface area contributed by atoms with Gasteiger partial charge in [0.2, 0.25) is 0 Å². The van der Waals surface area contributed by atoms with Gasteiger partial charge >= 0.3 is 0 Å². The Kier molecular flexibility index (Phi) is 7.84. The summed E-state index contributed by atoms with van der Waals surface area (Å²) in [7, 11) is 1.67. The van der Waals surface area contributed by atoms with Crippen LogP contribution >= 0.6 is 11.3 Å². The van der Waals surface area contributed by atoms with E-state index in [1.54, 1.807) is 7.11 Å². The van der Waals surface area contributed by atoms with Crippen LogP contribution in [-0.4, -0.2) is 45.9 Å². The van der Waals surface area contributed by atoms with Crippen LogP contribution in [0.3, 0.4) is 0 Å². The lowest BCUT2D eigenvalue weighted by atomic mass is 10.3. The van der Waals surface area contributed by atoms with Gasteiger partial charge in [0.05, 0.1) is 18.1 Å². The Morgan fingerprint density at radius 3 is 2.61 bits per heavy atom. The van der Waals surface area contributed by atoms with Crippen molar-refractivity contribution in [3.8, 4) is 0 Å². The average molecular weight is 272 g/mol. The molecule has 0 unspecified atom stereocenters. The third-order valence-electron chi connectivity index (χ3n) is 2.26. The van der Waals surface area contributed by atoms with Gasteiger partial charge in [-0.05, 0) is 25.5 Å². The van der Waals surface area contributed by atoms with E-state index < -0.39 is 0 Å². The van der Waals surface area contributed by atoms with E-state index in [1.165, 1.54) is 11.3 Å². The molecule has 0 spiro atoms. The van der Waals surface area contributed by atoms with Gasteiger partial charge in [0.1, 0.15) is 6.61 Å². The molecule has 0 bridgehead atoms. The number of carbonyl (C=O) groups excluding carboxylic acids is 1. The van der Waals surface area contributed by atoms with Crippen molar-refractivity contribution < 1.29 is 19.0 Å². The van der Waals surface area contributed by atoms with Gasteiger partial charge in [-0.1, -0.05) is 0 Å². The van der Waals surface area contributed by atoms with Gasteiger partial charge in [-0.15, -0.1) is 11.3 Å². The van der Waals surface area contributed by atoms with Gasteiger partial charge < -0.3 is 14.2 Å². The third-order valence-corrected chi connectivity index (χ3v) is 3.30. The number of thiophene rings is 1. The van der Waals surface area contributed by atoms with E-state index in [0.29, 0.717) is 26.4 Å². The molecule has 1 aromatic heterocycles. The molecular formula is C13H20O4S. The highest BCUT2D eigenvalue weighted by Crippen LogP contribution is 2.15. The maximum Gasteiger partial charge on any atom is 0.198 e. The van der Waals surface area contributed by atoms with Crippen molar-refractivity contribution in [3.63, 3.8) is 0 Å². The van der Waals surface area contributed by atoms with Crippen molar-refractivity contribution in [2.75, 3.05) is 40.1 Å². The van der Waals surface area contributed by atoms with Crippen molar-refractivity contribution in [1.29, 1.82) is 0 Å². The lowest BCUT2D eigenvalue weighted by Crippen LogP contribution is -2.12. The Hall–Kier alpha value is -0.750. The topological polar surface area (TPSA) is 44.8 Å². The Morgan fingerprint density at radius 1 is 1.17 bits per heavy atom.